The minimum atomic E-state index is 0.127. The highest BCUT2D eigenvalue weighted by Crippen LogP contribution is 2.30. The third kappa shape index (κ3) is 1.08. The summed E-state index contributed by atoms with van der Waals surface area (Å²) in [4.78, 5) is 0. The first-order valence-electron chi connectivity index (χ1n) is 3.56. The van der Waals surface area contributed by atoms with Gasteiger partial charge in [-0.3, -0.25) is 0 Å². The number of rotatable bonds is 0. The topological polar surface area (TPSA) is 38.0 Å². The molecular weight excluding hydrogens is 160 g/mol. The summed E-state index contributed by atoms with van der Waals surface area (Å²) >= 11 is 5.79. The lowest BCUT2D eigenvalue weighted by Crippen LogP contribution is -2.11. The van der Waals surface area contributed by atoms with Gasteiger partial charge in [0.1, 0.15) is 0 Å². The van der Waals surface area contributed by atoms with E-state index in [4.69, 9.17) is 17.3 Å². The van der Waals surface area contributed by atoms with Gasteiger partial charge < -0.3 is 11.1 Å². The molecule has 0 amide bonds. The Balaban J connectivity index is 2.50. The second kappa shape index (κ2) is 2.40. The number of anilines is 1. The molecule has 1 aromatic carbocycles. The van der Waals surface area contributed by atoms with Crippen LogP contribution in [-0.4, -0.2) is 6.54 Å². The van der Waals surface area contributed by atoms with Crippen LogP contribution < -0.4 is 11.1 Å². The SMILES string of the molecule is NC1CNc2cc(Cl)ccc21. The summed E-state index contributed by atoms with van der Waals surface area (Å²) in [6.45, 7) is 0.815. The lowest BCUT2D eigenvalue weighted by Gasteiger charge is -2.01. The van der Waals surface area contributed by atoms with Crippen molar-refractivity contribution in [1.29, 1.82) is 0 Å². The molecule has 1 aromatic rings. The molecule has 2 rings (SSSR count). The quantitative estimate of drug-likeness (QED) is 0.620. The molecule has 0 spiro atoms. The van der Waals surface area contributed by atoms with Gasteiger partial charge >= 0.3 is 0 Å². The third-order valence-electron chi connectivity index (χ3n) is 1.93. The van der Waals surface area contributed by atoms with Crippen LogP contribution >= 0.6 is 11.6 Å². The van der Waals surface area contributed by atoms with E-state index >= 15 is 0 Å². The molecule has 0 bridgehead atoms. The lowest BCUT2D eigenvalue weighted by atomic mass is 10.1. The molecule has 0 aromatic heterocycles. The van der Waals surface area contributed by atoms with Crippen molar-refractivity contribution in [2.45, 2.75) is 6.04 Å². The van der Waals surface area contributed by atoms with Crippen molar-refractivity contribution in [2.75, 3.05) is 11.9 Å². The van der Waals surface area contributed by atoms with Gasteiger partial charge in [-0.2, -0.15) is 0 Å². The molecule has 0 fully saturated rings. The predicted molar refractivity (Wildman–Crippen MR) is 46.9 cm³/mol. The fourth-order valence-corrected chi connectivity index (χ4v) is 1.51. The van der Waals surface area contributed by atoms with Crippen LogP contribution in [0.5, 0.6) is 0 Å². The molecule has 1 heterocycles. The molecule has 0 radical (unpaired) electrons. The van der Waals surface area contributed by atoms with Crippen LogP contribution in [0.15, 0.2) is 18.2 Å². The number of hydrogen-bond acceptors (Lipinski definition) is 2. The number of nitrogens with two attached hydrogens (primary N) is 1. The largest absolute Gasteiger partial charge is 0.383 e. The maximum absolute atomic E-state index is 5.79. The average Bonchev–Trinajstić information content (AvgIpc) is 2.32. The van der Waals surface area contributed by atoms with E-state index in [2.05, 4.69) is 5.32 Å². The van der Waals surface area contributed by atoms with Crippen molar-refractivity contribution in [3.05, 3.63) is 28.8 Å². The van der Waals surface area contributed by atoms with Crippen molar-refractivity contribution in [1.82, 2.24) is 0 Å². The van der Waals surface area contributed by atoms with Crippen LogP contribution in [0.25, 0.3) is 0 Å². The second-order valence-electron chi connectivity index (χ2n) is 2.72. The smallest absolute Gasteiger partial charge is 0.0491 e. The summed E-state index contributed by atoms with van der Waals surface area (Å²) in [5, 5.41) is 3.94. The van der Waals surface area contributed by atoms with Gasteiger partial charge in [0.05, 0.1) is 0 Å². The van der Waals surface area contributed by atoms with E-state index in [1.165, 1.54) is 0 Å². The van der Waals surface area contributed by atoms with Gasteiger partial charge in [-0.25, -0.2) is 0 Å². The lowest BCUT2D eigenvalue weighted by molar-refractivity contribution is 0.808. The van der Waals surface area contributed by atoms with Crippen LogP contribution in [0, 0.1) is 0 Å². The number of halogens is 1. The van der Waals surface area contributed by atoms with Gasteiger partial charge in [-0.1, -0.05) is 17.7 Å². The van der Waals surface area contributed by atoms with Gasteiger partial charge in [-0.15, -0.1) is 0 Å². The highest BCUT2D eigenvalue weighted by Gasteiger charge is 2.17. The van der Waals surface area contributed by atoms with Gasteiger partial charge in [0.15, 0.2) is 0 Å². The summed E-state index contributed by atoms with van der Waals surface area (Å²) in [6.07, 6.45) is 0. The molecule has 1 aliphatic heterocycles. The first kappa shape index (κ1) is 6.95. The number of fused-ring (bicyclic) bond motifs is 1. The van der Waals surface area contributed by atoms with Crippen molar-refractivity contribution in [3.63, 3.8) is 0 Å². The second-order valence-corrected chi connectivity index (χ2v) is 3.16. The zero-order valence-corrected chi connectivity index (χ0v) is 6.73. The van der Waals surface area contributed by atoms with Crippen molar-refractivity contribution < 1.29 is 0 Å². The monoisotopic (exact) mass is 168 g/mol. The Kier molecular flexibility index (Phi) is 1.51. The van der Waals surface area contributed by atoms with Gasteiger partial charge in [0.25, 0.3) is 0 Å². The zero-order valence-electron chi connectivity index (χ0n) is 5.97. The Morgan fingerprint density at radius 3 is 3.18 bits per heavy atom. The maximum atomic E-state index is 5.79. The molecule has 2 nitrogen and oxygen atoms in total. The van der Waals surface area contributed by atoms with Crippen molar-refractivity contribution in [3.8, 4) is 0 Å². The van der Waals surface area contributed by atoms with E-state index in [1.807, 2.05) is 18.2 Å². The van der Waals surface area contributed by atoms with Crippen LogP contribution in [0.2, 0.25) is 5.02 Å². The van der Waals surface area contributed by atoms with E-state index in [0.717, 1.165) is 22.8 Å². The standard InChI is InChI=1S/C8H9ClN2/c9-5-1-2-6-7(10)4-11-8(6)3-5/h1-3,7,11H,4,10H2. The van der Waals surface area contributed by atoms with Gasteiger partial charge in [0, 0.05) is 23.3 Å². The first-order valence-corrected chi connectivity index (χ1v) is 3.94. The van der Waals surface area contributed by atoms with E-state index in [1.54, 1.807) is 0 Å². The average molecular weight is 169 g/mol. The number of nitrogens with one attached hydrogen (secondary N) is 1. The normalized spacial score (nSPS) is 21.1. The summed E-state index contributed by atoms with van der Waals surface area (Å²) in [6, 6.07) is 5.88. The van der Waals surface area contributed by atoms with E-state index in [9.17, 15) is 0 Å². The van der Waals surface area contributed by atoms with Gasteiger partial charge in [0.2, 0.25) is 0 Å². The van der Waals surface area contributed by atoms with Crippen molar-refractivity contribution in [2.24, 2.45) is 5.73 Å². The Labute approximate surface area is 70.3 Å². The summed E-state index contributed by atoms with van der Waals surface area (Å²) in [5.74, 6) is 0. The molecule has 1 aliphatic rings. The Hall–Kier alpha value is -0.730. The number of benzene rings is 1. The third-order valence-corrected chi connectivity index (χ3v) is 2.16. The zero-order chi connectivity index (χ0) is 7.84. The summed E-state index contributed by atoms with van der Waals surface area (Å²) in [7, 11) is 0. The van der Waals surface area contributed by atoms with Crippen LogP contribution in [0.4, 0.5) is 5.69 Å². The minimum Gasteiger partial charge on any atom is -0.383 e. The molecule has 1 atom stereocenters. The van der Waals surface area contributed by atoms with Gasteiger partial charge in [-0.05, 0) is 17.7 Å². The van der Waals surface area contributed by atoms with Crippen LogP contribution in [0.1, 0.15) is 11.6 Å². The Morgan fingerprint density at radius 1 is 1.55 bits per heavy atom. The Bertz CT molecular complexity index is 285. The molecule has 11 heavy (non-hydrogen) atoms. The summed E-state index contributed by atoms with van der Waals surface area (Å²) < 4.78 is 0. The van der Waals surface area contributed by atoms with Crippen LogP contribution in [-0.2, 0) is 0 Å². The molecule has 0 aliphatic carbocycles. The molecule has 0 saturated heterocycles. The fourth-order valence-electron chi connectivity index (χ4n) is 1.33. The maximum Gasteiger partial charge on any atom is 0.0491 e. The van der Waals surface area contributed by atoms with E-state index in [-0.39, 0.29) is 6.04 Å². The first-order chi connectivity index (χ1) is 5.27. The highest BCUT2D eigenvalue weighted by atomic mass is 35.5. The van der Waals surface area contributed by atoms with Crippen LogP contribution in [0.3, 0.4) is 0 Å². The molecule has 0 saturated carbocycles. The van der Waals surface area contributed by atoms with E-state index < -0.39 is 0 Å². The summed E-state index contributed by atoms with van der Waals surface area (Å²) in [5.41, 5.74) is 8.03. The minimum absolute atomic E-state index is 0.127. The highest BCUT2D eigenvalue weighted by molar-refractivity contribution is 6.30. The van der Waals surface area contributed by atoms with Crippen molar-refractivity contribution >= 4 is 17.3 Å². The molecule has 1 unspecified atom stereocenters. The fraction of sp³-hybridized carbons (Fsp3) is 0.250. The molecule has 58 valence electrons. The Morgan fingerprint density at radius 2 is 2.36 bits per heavy atom. The van der Waals surface area contributed by atoms with E-state index in [0.29, 0.717) is 0 Å². The predicted octanol–water partition coefficient (Wildman–Crippen LogP) is 1.77. The molecule has 3 N–H and O–H groups in total. The molecular formula is C8H9ClN2. The molecule has 3 heteroatoms. The number of hydrogen-bond donors (Lipinski definition) is 2.